The van der Waals surface area contributed by atoms with Gasteiger partial charge in [-0.2, -0.15) is 14.9 Å². The number of anilines is 1. The molecule has 0 bridgehead atoms. The standard InChI is InChI=1S/C15H13FN6/c1-8(2)13-12(9-3-5-10(16)6-4-9)15-20-19-11(7-17)14(18)22(15)21-13/h3-6,8H,18H2,1-2H3. The molecule has 0 spiro atoms. The molecule has 0 aliphatic rings. The summed E-state index contributed by atoms with van der Waals surface area (Å²) in [6.45, 7) is 3.98. The van der Waals surface area contributed by atoms with E-state index in [1.165, 1.54) is 16.6 Å². The van der Waals surface area contributed by atoms with E-state index in [9.17, 15) is 4.39 Å². The molecule has 110 valence electrons. The van der Waals surface area contributed by atoms with E-state index >= 15 is 0 Å². The van der Waals surface area contributed by atoms with Crippen molar-refractivity contribution in [3.8, 4) is 17.2 Å². The van der Waals surface area contributed by atoms with Crippen molar-refractivity contribution in [3.05, 3.63) is 41.5 Å². The molecule has 0 amide bonds. The lowest BCUT2D eigenvalue weighted by Gasteiger charge is -2.05. The fourth-order valence-electron chi connectivity index (χ4n) is 2.31. The Kier molecular flexibility index (Phi) is 3.22. The topological polar surface area (TPSA) is 92.9 Å². The third-order valence-electron chi connectivity index (χ3n) is 3.39. The summed E-state index contributed by atoms with van der Waals surface area (Å²) in [6, 6.07) is 7.96. The molecular formula is C15H13FN6. The van der Waals surface area contributed by atoms with E-state index in [0.717, 1.165) is 16.8 Å². The van der Waals surface area contributed by atoms with Crippen LogP contribution >= 0.6 is 0 Å². The molecule has 7 heteroatoms. The highest BCUT2D eigenvalue weighted by atomic mass is 19.1. The maximum Gasteiger partial charge on any atom is 0.205 e. The van der Waals surface area contributed by atoms with Gasteiger partial charge in [-0.3, -0.25) is 0 Å². The summed E-state index contributed by atoms with van der Waals surface area (Å²) in [7, 11) is 0. The fourth-order valence-corrected chi connectivity index (χ4v) is 2.31. The molecule has 0 aliphatic heterocycles. The van der Waals surface area contributed by atoms with Crippen molar-refractivity contribution in [2.45, 2.75) is 19.8 Å². The highest BCUT2D eigenvalue weighted by Gasteiger charge is 2.21. The van der Waals surface area contributed by atoms with Crippen molar-refractivity contribution in [2.75, 3.05) is 5.73 Å². The summed E-state index contributed by atoms with van der Waals surface area (Å²) in [5, 5.41) is 21.4. The van der Waals surface area contributed by atoms with Gasteiger partial charge in [-0.1, -0.05) is 26.0 Å². The maximum absolute atomic E-state index is 13.2. The Morgan fingerprint density at radius 2 is 1.91 bits per heavy atom. The van der Waals surface area contributed by atoms with Crippen LogP contribution in [0.5, 0.6) is 0 Å². The van der Waals surface area contributed by atoms with Gasteiger partial charge in [0.15, 0.2) is 11.5 Å². The Morgan fingerprint density at radius 1 is 1.23 bits per heavy atom. The molecule has 0 saturated carbocycles. The Morgan fingerprint density at radius 3 is 2.50 bits per heavy atom. The number of fused-ring (bicyclic) bond motifs is 1. The van der Waals surface area contributed by atoms with Crippen LogP contribution < -0.4 is 5.73 Å². The molecule has 0 atom stereocenters. The lowest BCUT2D eigenvalue weighted by Crippen LogP contribution is -2.06. The van der Waals surface area contributed by atoms with E-state index in [0.29, 0.717) is 5.65 Å². The number of halogens is 1. The van der Waals surface area contributed by atoms with Gasteiger partial charge in [-0.15, -0.1) is 10.2 Å². The highest BCUT2D eigenvalue weighted by Crippen LogP contribution is 2.32. The number of benzene rings is 1. The smallest absolute Gasteiger partial charge is 0.205 e. The second-order valence-electron chi connectivity index (χ2n) is 5.20. The summed E-state index contributed by atoms with van der Waals surface area (Å²) in [6.07, 6.45) is 0. The largest absolute Gasteiger partial charge is 0.381 e. The first-order chi connectivity index (χ1) is 10.5. The zero-order valence-electron chi connectivity index (χ0n) is 12.1. The SMILES string of the molecule is CC(C)c1nn2c(N)c(C#N)nnc2c1-c1ccc(F)cc1. The van der Waals surface area contributed by atoms with E-state index < -0.39 is 0 Å². The zero-order chi connectivity index (χ0) is 15.9. The average Bonchev–Trinajstić information content (AvgIpc) is 2.89. The lowest BCUT2D eigenvalue weighted by molar-refractivity contribution is 0.628. The lowest BCUT2D eigenvalue weighted by atomic mass is 9.99. The molecule has 6 nitrogen and oxygen atoms in total. The molecule has 3 aromatic rings. The van der Waals surface area contributed by atoms with Gasteiger partial charge in [0.25, 0.3) is 0 Å². The molecule has 0 saturated heterocycles. The number of nitriles is 1. The first-order valence-electron chi connectivity index (χ1n) is 6.73. The number of nitrogens with two attached hydrogens (primary N) is 1. The van der Waals surface area contributed by atoms with Crippen LogP contribution in [0, 0.1) is 17.1 Å². The molecule has 2 N–H and O–H groups in total. The van der Waals surface area contributed by atoms with Crippen LogP contribution in [-0.4, -0.2) is 19.8 Å². The Hall–Kier alpha value is -3.01. The van der Waals surface area contributed by atoms with E-state index in [1.807, 2.05) is 19.9 Å². The van der Waals surface area contributed by atoms with Crippen LogP contribution in [0.3, 0.4) is 0 Å². The van der Waals surface area contributed by atoms with Gasteiger partial charge in [0.2, 0.25) is 5.69 Å². The summed E-state index contributed by atoms with van der Waals surface area (Å²) in [4.78, 5) is 0. The van der Waals surface area contributed by atoms with Crippen LogP contribution in [0.2, 0.25) is 0 Å². The molecule has 3 rings (SSSR count). The summed E-state index contributed by atoms with van der Waals surface area (Å²) < 4.78 is 14.6. The van der Waals surface area contributed by atoms with Gasteiger partial charge in [0.05, 0.1) is 11.3 Å². The van der Waals surface area contributed by atoms with Gasteiger partial charge >= 0.3 is 0 Å². The van der Waals surface area contributed by atoms with Crippen molar-refractivity contribution in [1.82, 2.24) is 19.8 Å². The van der Waals surface area contributed by atoms with Gasteiger partial charge in [-0.05, 0) is 23.6 Å². The average molecular weight is 296 g/mol. The molecule has 0 fully saturated rings. The number of nitrogens with zero attached hydrogens (tertiary/aromatic N) is 5. The van der Waals surface area contributed by atoms with Crippen molar-refractivity contribution >= 4 is 11.5 Å². The predicted octanol–water partition coefficient (Wildman–Crippen LogP) is 2.51. The Bertz CT molecular complexity index is 889. The monoisotopic (exact) mass is 296 g/mol. The van der Waals surface area contributed by atoms with Gasteiger partial charge in [0, 0.05) is 0 Å². The van der Waals surface area contributed by atoms with Crippen LogP contribution in [0.4, 0.5) is 10.2 Å². The molecule has 1 aromatic carbocycles. The minimum absolute atomic E-state index is 0.0240. The van der Waals surface area contributed by atoms with Crippen molar-refractivity contribution in [2.24, 2.45) is 0 Å². The molecule has 2 heterocycles. The fraction of sp³-hybridized carbons (Fsp3) is 0.200. The van der Waals surface area contributed by atoms with Crippen LogP contribution in [0.15, 0.2) is 24.3 Å². The van der Waals surface area contributed by atoms with E-state index in [-0.39, 0.29) is 23.2 Å². The third-order valence-corrected chi connectivity index (χ3v) is 3.39. The van der Waals surface area contributed by atoms with Crippen LogP contribution in [-0.2, 0) is 0 Å². The molecular weight excluding hydrogens is 283 g/mol. The number of hydrogen-bond donors (Lipinski definition) is 1. The molecule has 0 aliphatic carbocycles. The summed E-state index contributed by atoms with van der Waals surface area (Å²) in [5.74, 6) is -0.0712. The van der Waals surface area contributed by atoms with Crippen molar-refractivity contribution in [3.63, 3.8) is 0 Å². The predicted molar refractivity (Wildman–Crippen MR) is 79.4 cm³/mol. The van der Waals surface area contributed by atoms with E-state index in [1.54, 1.807) is 12.1 Å². The summed E-state index contributed by atoms with van der Waals surface area (Å²) in [5.41, 5.74) is 8.70. The molecule has 0 radical (unpaired) electrons. The van der Waals surface area contributed by atoms with Crippen molar-refractivity contribution in [1.29, 1.82) is 5.26 Å². The Labute approximate surface area is 126 Å². The maximum atomic E-state index is 13.2. The molecule has 2 aromatic heterocycles. The second-order valence-corrected chi connectivity index (χ2v) is 5.20. The number of rotatable bonds is 2. The van der Waals surface area contributed by atoms with Gasteiger partial charge in [-0.25, -0.2) is 4.39 Å². The normalized spacial score (nSPS) is 11.0. The first-order valence-corrected chi connectivity index (χ1v) is 6.73. The first kappa shape index (κ1) is 13.9. The minimum Gasteiger partial charge on any atom is -0.381 e. The minimum atomic E-state index is -0.316. The highest BCUT2D eigenvalue weighted by molar-refractivity contribution is 5.81. The zero-order valence-corrected chi connectivity index (χ0v) is 12.1. The van der Waals surface area contributed by atoms with Crippen LogP contribution in [0.1, 0.15) is 31.2 Å². The number of hydrogen-bond acceptors (Lipinski definition) is 5. The molecule has 22 heavy (non-hydrogen) atoms. The van der Waals surface area contributed by atoms with Crippen molar-refractivity contribution < 1.29 is 4.39 Å². The van der Waals surface area contributed by atoms with Gasteiger partial charge in [0.1, 0.15) is 11.9 Å². The third kappa shape index (κ3) is 2.05. The van der Waals surface area contributed by atoms with E-state index in [4.69, 9.17) is 11.0 Å². The van der Waals surface area contributed by atoms with Crippen LogP contribution in [0.25, 0.3) is 16.8 Å². The van der Waals surface area contributed by atoms with Gasteiger partial charge < -0.3 is 5.73 Å². The number of aromatic nitrogens is 4. The second kappa shape index (κ2) is 5.07. The summed E-state index contributed by atoms with van der Waals surface area (Å²) >= 11 is 0. The number of nitrogen functional groups attached to an aromatic ring is 1. The quantitative estimate of drug-likeness (QED) is 0.784. The van der Waals surface area contributed by atoms with E-state index in [2.05, 4.69) is 15.3 Å². The Balaban J connectivity index is 2.37. The molecule has 0 unspecified atom stereocenters.